The Hall–Kier alpha value is -1.13. The maximum atomic E-state index is 13.4. The van der Waals surface area contributed by atoms with Gasteiger partial charge >= 0.3 is 0 Å². The molecule has 1 heterocycles. The van der Waals surface area contributed by atoms with E-state index in [0.717, 1.165) is 30.6 Å². The summed E-state index contributed by atoms with van der Waals surface area (Å²) in [7, 11) is 0. The molecule has 0 aliphatic carbocycles. The van der Waals surface area contributed by atoms with Gasteiger partial charge in [-0.2, -0.15) is 0 Å². The van der Waals surface area contributed by atoms with E-state index in [-0.39, 0.29) is 11.9 Å². The minimum atomic E-state index is -0.273. The summed E-state index contributed by atoms with van der Waals surface area (Å²) in [6.45, 7) is 6.36. The molecular formula is C15H23FN2O. The van der Waals surface area contributed by atoms with E-state index in [4.69, 9.17) is 0 Å². The van der Waals surface area contributed by atoms with Gasteiger partial charge in [-0.05, 0) is 36.6 Å². The Morgan fingerprint density at radius 1 is 1.47 bits per heavy atom. The number of nitrogens with zero attached hydrogens (tertiary/aromatic N) is 1. The molecular weight excluding hydrogens is 243 g/mol. The van der Waals surface area contributed by atoms with E-state index >= 15 is 0 Å². The SMILES string of the molecule is CC(C)NCc1cc(F)ccc1N1CCCC(O)C1. The summed E-state index contributed by atoms with van der Waals surface area (Å²) in [6, 6.07) is 5.27. The molecule has 1 aliphatic rings. The van der Waals surface area contributed by atoms with Gasteiger partial charge in [0.1, 0.15) is 5.82 Å². The first-order valence-electron chi connectivity index (χ1n) is 7.01. The number of rotatable bonds is 4. The first kappa shape index (κ1) is 14.3. The largest absolute Gasteiger partial charge is 0.391 e. The molecule has 2 N–H and O–H groups in total. The number of anilines is 1. The van der Waals surface area contributed by atoms with Crippen LogP contribution in [0.2, 0.25) is 0 Å². The Balaban J connectivity index is 2.18. The third kappa shape index (κ3) is 3.91. The van der Waals surface area contributed by atoms with Crippen LogP contribution >= 0.6 is 0 Å². The second-order valence-electron chi connectivity index (χ2n) is 5.55. The second-order valence-corrected chi connectivity index (χ2v) is 5.55. The lowest BCUT2D eigenvalue weighted by Crippen LogP contribution is -2.39. The Labute approximate surface area is 114 Å². The number of piperidine rings is 1. The molecule has 0 aromatic heterocycles. The highest BCUT2D eigenvalue weighted by atomic mass is 19.1. The van der Waals surface area contributed by atoms with Crippen LogP contribution in [0.3, 0.4) is 0 Å². The summed E-state index contributed by atoms with van der Waals surface area (Å²) in [5.41, 5.74) is 2.00. The van der Waals surface area contributed by atoms with E-state index in [0.29, 0.717) is 19.1 Å². The quantitative estimate of drug-likeness (QED) is 0.877. The zero-order valence-electron chi connectivity index (χ0n) is 11.7. The Morgan fingerprint density at radius 3 is 2.95 bits per heavy atom. The number of hydrogen-bond acceptors (Lipinski definition) is 3. The van der Waals surface area contributed by atoms with Crippen molar-refractivity contribution in [3.63, 3.8) is 0 Å². The lowest BCUT2D eigenvalue weighted by atomic mass is 10.0. The van der Waals surface area contributed by atoms with Crippen molar-refractivity contribution in [1.29, 1.82) is 0 Å². The highest BCUT2D eigenvalue weighted by Crippen LogP contribution is 2.25. The van der Waals surface area contributed by atoms with Gasteiger partial charge in [0.25, 0.3) is 0 Å². The fourth-order valence-electron chi connectivity index (χ4n) is 2.49. The van der Waals surface area contributed by atoms with Gasteiger partial charge in [-0.3, -0.25) is 0 Å². The average molecular weight is 266 g/mol. The topological polar surface area (TPSA) is 35.5 Å². The summed E-state index contributed by atoms with van der Waals surface area (Å²) < 4.78 is 13.4. The number of β-amino-alcohol motifs (C(OH)–C–C–N with tert-alkyl or cyclic N) is 1. The fraction of sp³-hybridized carbons (Fsp3) is 0.600. The van der Waals surface area contributed by atoms with Gasteiger partial charge in [0.15, 0.2) is 0 Å². The zero-order chi connectivity index (χ0) is 13.8. The highest BCUT2D eigenvalue weighted by Gasteiger charge is 2.20. The highest BCUT2D eigenvalue weighted by molar-refractivity contribution is 5.54. The minimum absolute atomic E-state index is 0.207. The maximum absolute atomic E-state index is 13.4. The monoisotopic (exact) mass is 266 g/mol. The van der Waals surface area contributed by atoms with E-state index in [1.165, 1.54) is 6.07 Å². The molecule has 1 aromatic carbocycles. The predicted molar refractivity (Wildman–Crippen MR) is 75.8 cm³/mol. The van der Waals surface area contributed by atoms with Gasteiger partial charge in [-0.15, -0.1) is 0 Å². The van der Waals surface area contributed by atoms with Gasteiger partial charge in [-0.1, -0.05) is 13.8 Å². The standard InChI is InChI=1S/C15H23FN2O/c1-11(2)17-9-12-8-13(16)5-6-15(12)18-7-3-4-14(19)10-18/h5-6,8,11,14,17,19H,3-4,7,9-10H2,1-2H3. The van der Waals surface area contributed by atoms with Gasteiger partial charge in [-0.25, -0.2) is 4.39 Å². The van der Waals surface area contributed by atoms with Crippen LogP contribution in [0.1, 0.15) is 32.3 Å². The van der Waals surface area contributed by atoms with Crippen LogP contribution in [-0.4, -0.2) is 30.3 Å². The molecule has 0 amide bonds. The summed E-state index contributed by atoms with van der Waals surface area (Å²) in [5.74, 6) is -0.207. The molecule has 0 bridgehead atoms. The second kappa shape index (κ2) is 6.35. The van der Waals surface area contributed by atoms with Gasteiger partial charge in [0.05, 0.1) is 6.10 Å². The molecule has 1 saturated heterocycles. The van der Waals surface area contributed by atoms with Crippen molar-refractivity contribution in [3.05, 3.63) is 29.6 Å². The van der Waals surface area contributed by atoms with E-state index in [1.807, 2.05) is 6.07 Å². The molecule has 1 unspecified atom stereocenters. The van der Waals surface area contributed by atoms with Crippen molar-refractivity contribution >= 4 is 5.69 Å². The summed E-state index contributed by atoms with van der Waals surface area (Å²) in [6.07, 6.45) is 1.57. The zero-order valence-corrected chi connectivity index (χ0v) is 11.7. The number of aliphatic hydroxyl groups is 1. The van der Waals surface area contributed by atoms with Crippen LogP contribution in [0.25, 0.3) is 0 Å². The molecule has 0 saturated carbocycles. The molecule has 1 atom stereocenters. The van der Waals surface area contributed by atoms with Crippen molar-refractivity contribution in [3.8, 4) is 0 Å². The molecule has 0 radical (unpaired) electrons. The Morgan fingerprint density at radius 2 is 2.26 bits per heavy atom. The third-order valence-corrected chi connectivity index (χ3v) is 3.48. The molecule has 2 rings (SSSR count). The van der Waals surface area contributed by atoms with Crippen LogP contribution in [0.4, 0.5) is 10.1 Å². The van der Waals surface area contributed by atoms with E-state index < -0.39 is 0 Å². The van der Waals surface area contributed by atoms with Crippen molar-refractivity contribution in [2.45, 2.75) is 45.4 Å². The number of nitrogens with one attached hydrogen (secondary N) is 1. The number of hydrogen-bond donors (Lipinski definition) is 2. The summed E-state index contributed by atoms with van der Waals surface area (Å²) >= 11 is 0. The van der Waals surface area contributed by atoms with Crippen LogP contribution < -0.4 is 10.2 Å². The van der Waals surface area contributed by atoms with Crippen LogP contribution in [0.15, 0.2) is 18.2 Å². The molecule has 19 heavy (non-hydrogen) atoms. The van der Waals surface area contributed by atoms with Crippen molar-refractivity contribution in [2.24, 2.45) is 0 Å². The predicted octanol–water partition coefficient (Wildman–Crippen LogP) is 2.28. The molecule has 106 valence electrons. The van der Waals surface area contributed by atoms with Gasteiger partial charge in [0, 0.05) is 31.4 Å². The van der Waals surface area contributed by atoms with Gasteiger partial charge < -0.3 is 15.3 Å². The van der Waals surface area contributed by atoms with E-state index in [1.54, 1.807) is 6.07 Å². The molecule has 1 fully saturated rings. The van der Waals surface area contributed by atoms with Gasteiger partial charge in [0.2, 0.25) is 0 Å². The number of halogens is 1. The smallest absolute Gasteiger partial charge is 0.123 e. The van der Waals surface area contributed by atoms with E-state index in [9.17, 15) is 9.50 Å². The molecule has 1 aliphatic heterocycles. The molecule has 3 nitrogen and oxygen atoms in total. The maximum Gasteiger partial charge on any atom is 0.123 e. The van der Waals surface area contributed by atoms with Crippen molar-refractivity contribution < 1.29 is 9.50 Å². The number of aliphatic hydroxyl groups excluding tert-OH is 1. The average Bonchev–Trinajstić information content (AvgIpc) is 2.36. The first-order valence-corrected chi connectivity index (χ1v) is 7.01. The normalized spacial score (nSPS) is 20.1. The Kier molecular flexibility index (Phi) is 4.77. The van der Waals surface area contributed by atoms with Crippen LogP contribution in [0, 0.1) is 5.82 Å². The summed E-state index contributed by atoms with van der Waals surface area (Å²) in [4.78, 5) is 2.16. The lowest BCUT2D eigenvalue weighted by Gasteiger charge is -2.33. The molecule has 0 spiro atoms. The first-order chi connectivity index (χ1) is 9.06. The fourth-order valence-corrected chi connectivity index (χ4v) is 2.49. The number of benzene rings is 1. The molecule has 1 aromatic rings. The summed E-state index contributed by atoms with van der Waals surface area (Å²) in [5, 5.41) is 13.1. The van der Waals surface area contributed by atoms with Crippen molar-refractivity contribution in [1.82, 2.24) is 5.32 Å². The van der Waals surface area contributed by atoms with Crippen LogP contribution in [-0.2, 0) is 6.54 Å². The molecule has 4 heteroatoms. The Bertz CT molecular complexity index is 423. The lowest BCUT2D eigenvalue weighted by molar-refractivity contribution is 0.154. The third-order valence-electron chi connectivity index (χ3n) is 3.48. The minimum Gasteiger partial charge on any atom is -0.391 e. The van der Waals surface area contributed by atoms with Crippen LogP contribution in [0.5, 0.6) is 0 Å². The van der Waals surface area contributed by atoms with Crippen molar-refractivity contribution in [2.75, 3.05) is 18.0 Å². The van der Waals surface area contributed by atoms with E-state index in [2.05, 4.69) is 24.1 Å².